The van der Waals surface area contributed by atoms with Gasteiger partial charge in [-0.05, 0) is 56.9 Å². The van der Waals surface area contributed by atoms with Crippen LogP contribution in [0.4, 0.5) is 5.69 Å². The van der Waals surface area contributed by atoms with E-state index in [1.54, 1.807) is 0 Å². The topological polar surface area (TPSA) is 27.3 Å². The summed E-state index contributed by atoms with van der Waals surface area (Å²) in [4.78, 5) is 2.50. The summed E-state index contributed by atoms with van der Waals surface area (Å²) in [6.07, 6.45) is 3.70. The van der Waals surface area contributed by atoms with Crippen LogP contribution in [0.2, 0.25) is 0 Å². The van der Waals surface area contributed by atoms with Crippen molar-refractivity contribution in [2.45, 2.75) is 52.6 Å². The number of para-hydroxylation sites is 1. The van der Waals surface area contributed by atoms with Gasteiger partial charge in [-0.1, -0.05) is 32.0 Å². The van der Waals surface area contributed by atoms with E-state index in [1.807, 2.05) is 0 Å². The van der Waals surface area contributed by atoms with Crippen molar-refractivity contribution in [2.24, 2.45) is 0 Å². The Morgan fingerprint density at radius 3 is 2.86 bits per heavy atom. The molecular weight excluding hydrogens is 258 g/mol. The summed E-state index contributed by atoms with van der Waals surface area (Å²) in [6, 6.07) is 7.25. The fourth-order valence-corrected chi connectivity index (χ4v) is 3.11. The van der Waals surface area contributed by atoms with Gasteiger partial charge < -0.3 is 15.5 Å². The Morgan fingerprint density at radius 1 is 1.29 bits per heavy atom. The van der Waals surface area contributed by atoms with E-state index in [1.165, 1.54) is 55.7 Å². The van der Waals surface area contributed by atoms with Crippen molar-refractivity contribution in [1.82, 2.24) is 10.2 Å². The molecule has 1 aliphatic heterocycles. The Bertz CT molecular complexity index is 426. The number of benzene rings is 1. The van der Waals surface area contributed by atoms with Crippen LogP contribution in [-0.2, 0) is 13.0 Å². The number of hydrogen-bond acceptors (Lipinski definition) is 3. The Balaban J connectivity index is 1.72. The Kier molecular flexibility index (Phi) is 6.52. The molecule has 0 amide bonds. The second kappa shape index (κ2) is 8.40. The molecule has 2 rings (SSSR count). The van der Waals surface area contributed by atoms with E-state index in [0.29, 0.717) is 6.04 Å². The third-order valence-corrected chi connectivity index (χ3v) is 4.58. The quantitative estimate of drug-likeness (QED) is 0.731. The highest BCUT2D eigenvalue weighted by atomic mass is 15.1. The highest BCUT2D eigenvalue weighted by Crippen LogP contribution is 2.26. The van der Waals surface area contributed by atoms with Gasteiger partial charge in [-0.2, -0.15) is 0 Å². The van der Waals surface area contributed by atoms with Crippen molar-refractivity contribution >= 4 is 5.69 Å². The van der Waals surface area contributed by atoms with E-state index in [0.717, 1.165) is 13.1 Å². The van der Waals surface area contributed by atoms with E-state index in [9.17, 15) is 0 Å². The second-order valence-electron chi connectivity index (χ2n) is 6.08. The lowest BCUT2D eigenvalue weighted by atomic mass is 10.1. The van der Waals surface area contributed by atoms with Crippen LogP contribution in [0, 0.1) is 0 Å². The lowest BCUT2D eigenvalue weighted by Gasteiger charge is -2.20. The Labute approximate surface area is 130 Å². The molecule has 1 atom stereocenters. The van der Waals surface area contributed by atoms with Gasteiger partial charge in [-0.25, -0.2) is 0 Å². The first-order valence-corrected chi connectivity index (χ1v) is 8.55. The van der Waals surface area contributed by atoms with Gasteiger partial charge in [-0.3, -0.25) is 0 Å². The fourth-order valence-electron chi connectivity index (χ4n) is 3.11. The van der Waals surface area contributed by atoms with Gasteiger partial charge in [0, 0.05) is 24.8 Å². The van der Waals surface area contributed by atoms with Gasteiger partial charge in [0.1, 0.15) is 0 Å². The predicted molar refractivity (Wildman–Crippen MR) is 92.0 cm³/mol. The zero-order chi connectivity index (χ0) is 15.1. The summed E-state index contributed by atoms with van der Waals surface area (Å²) in [6.45, 7) is 12.4. The monoisotopic (exact) mass is 289 g/mol. The first-order valence-electron chi connectivity index (χ1n) is 8.55. The van der Waals surface area contributed by atoms with Crippen molar-refractivity contribution in [3.05, 3.63) is 29.3 Å². The molecule has 1 aromatic rings. The number of nitrogens with zero attached hydrogens (tertiary/aromatic N) is 1. The van der Waals surface area contributed by atoms with Crippen molar-refractivity contribution < 1.29 is 0 Å². The zero-order valence-electron chi connectivity index (χ0n) is 13.9. The summed E-state index contributed by atoms with van der Waals surface area (Å²) >= 11 is 0. The normalized spacial score (nSPS) is 15.0. The summed E-state index contributed by atoms with van der Waals surface area (Å²) in [5.74, 6) is 0. The predicted octanol–water partition coefficient (Wildman–Crippen LogP) is 3.25. The van der Waals surface area contributed by atoms with E-state index in [2.05, 4.69) is 54.5 Å². The van der Waals surface area contributed by atoms with E-state index in [-0.39, 0.29) is 0 Å². The number of anilines is 1. The van der Waals surface area contributed by atoms with Gasteiger partial charge in [0.15, 0.2) is 0 Å². The minimum absolute atomic E-state index is 0.581. The molecule has 1 heterocycles. The molecule has 0 saturated carbocycles. The molecule has 0 spiro atoms. The molecule has 21 heavy (non-hydrogen) atoms. The van der Waals surface area contributed by atoms with Crippen LogP contribution in [0.3, 0.4) is 0 Å². The van der Waals surface area contributed by atoms with E-state index < -0.39 is 0 Å². The number of rotatable bonds is 9. The molecule has 1 aliphatic rings. The summed E-state index contributed by atoms with van der Waals surface area (Å²) in [7, 11) is 0. The third kappa shape index (κ3) is 4.72. The van der Waals surface area contributed by atoms with Crippen LogP contribution in [0.25, 0.3) is 0 Å². The maximum Gasteiger partial charge on any atom is 0.0419 e. The lowest BCUT2D eigenvalue weighted by Crippen LogP contribution is -2.29. The smallest absolute Gasteiger partial charge is 0.0419 e. The Hall–Kier alpha value is -1.06. The Morgan fingerprint density at radius 2 is 2.10 bits per heavy atom. The molecule has 118 valence electrons. The summed E-state index contributed by atoms with van der Waals surface area (Å²) < 4.78 is 0. The number of fused-ring (bicyclic) bond motifs is 1. The van der Waals surface area contributed by atoms with Crippen LogP contribution in [-0.4, -0.2) is 37.1 Å². The van der Waals surface area contributed by atoms with Gasteiger partial charge >= 0.3 is 0 Å². The van der Waals surface area contributed by atoms with Gasteiger partial charge in [0.2, 0.25) is 0 Å². The molecule has 0 bridgehead atoms. The molecule has 0 radical (unpaired) electrons. The lowest BCUT2D eigenvalue weighted by molar-refractivity contribution is 0.290. The van der Waals surface area contributed by atoms with Gasteiger partial charge in [-0.15, -0.1) is 0 Å². The SMILES string of the molecule is CCN(CC)CCCC(C)NCc1cccc2c1NCC2. The van der Waals surface area contributed by atoms with Crippen LogP contribution in [0.15, 0.2) is 18.2 Å². The molecule has 1 aromatic carbocycles. The molecular formula is C18H31N3. The third-order valence-electron chi connectivity index (χ3n) is 4.58. The maximum atomic E-state index is 3.68. The fraction of sp³-hybridized carbons (Fsp3) is 0.667. The molecule has 3 heteroatoms. The first kappa shape index (κ1) is 16.3. The average molecular weight is 289 g/mol. The van der Waals surface area contributed by atoms with Crippen molar-refractivity contribution in [3.8, 4) is 0 Å². The molecule has 0 aromatic heterocycles. The van der Waals surface area contributed by atoms with Crippen LogP contribution >= 0.6 is 0 Å². The molecule has 1 unspecified atom stereocenters. The maximum absolute atomic E-state index is 3.68. The van der Waals surface area contributed by atoms with Crippen LogP contribution < -0.4 is 10.6 Å². The number of nitrogens with one attached hydrogen (secondary N) is 2. The standard InChI is InChI=1S/C18H31N3/c1-4-21(5-2)13-7-8-15(3)20-14-17-10-6-9-16-11-12-19-18(16)17/h6,9-10,15,19-20H,4-5,7-8,11-14H2,1-3H3. The van der Waals surface area contributed by atoms with Crippen molar-refractivity contribution in [2.75, 3.05) is 31.5 Å². The van der Waals surface area contributed by atoms with Crippen LogP contribution in [0.5, 0.6) is 0 Å². The minimum atomic E-state index is 0.581. The van der Waals surface area contributed by atoms with Gasteiger partial charge in [0.25, 0.3) is 0 Å². The van der Waals surface area contributed by atoms with Crippen molar-refractivity contribution in [3.63, 3.8) is 0 Å². The molecule has 0 fully saturated rings. The largest absolute Gasteiger partial charge is 0.384 e. The highest BCUT2D eigenvalue weighted by Gasteiger charge is 2.13. The van der Waals surface area contributed by atoms with Crippen LogP contribution in [0.1, 0.15) is 44.7 Å². The number of hydrogen-bond donors (Lipinski definition) is 2. The van der Waals surface area contributed by atoms with E-state index >= 15 is 0 Å². The summed E-state index contributed by atoms with van der Waals surface area (Å²) in [5.41, 5.74) is 4.27. The van der Waals surface area contributed by atoms with Gasteiger partial charge in [0.05, 0.1) is 0 Å². The average Bonchev–Trinajstić information content (AvgIpc) is 2.98. The highest BCUT2D eigenvalue weighted by molar-refractivity contribution is 5.61. The van der Waals surface area contributed by atoms with Crippen molar-refractivity contribution in [1.29, 1.82) is 0 Å². The molecule has 3 nitrogen and oxygen atoms in total. The molecule has 2 N–H and O–H groups in total. The molecule has 0 aliphatic carbocycles. The zero-order valence-corrected chi connectivity index (χ0v) is 13.9. The summed E-state index contributed by atoms with van der Waals surface area (Å²) in [5, 5.41) is 7.20. The first-order chi connectivity index (χ1) is 10.2. The molecule has 0 saturated heterocycles. The van der Waals surface area contributed by atoms with E-state index in [4.69, 9.17) is 0 Å². The minimum Gasteiger partial charge on any atom is -0.384 e. The second-order valence-corrected chi connectivity index (χ2v) is 6.08.